The molecule has 22 heavy (non-hydrogen) atoms. The van der Waals surface area contributed by atoms with Gasteiger partial charge in [-0.15, -0.1) is 0 Å². The van der Waals surface area contributed by atoms with Gasteiger partial charge in [0.15, 0.2) is 0 Å². The van der Waals surface area contributed by atoms with Crippen molar-refractivity contribution in [2.45, 2.75) is 39.2 Å². The smallest absolute Gasteiger partial charge is 0.251 e. The van der Waals surface area contributed by atoms with E-state index in [-0.39, 0.29) is 17.7 Å². The fraction of sp³-hybridized carbons (Fsp3) is 0.529. The lowest BCUT2D eigenvalue weighted by Crippen LogP contribution is -2.52. The van der Waals surface area contributed by atoms with Gasteiger partial charge >= 0.3 is 0 Å². The fourth-order valence-electron chi connectivity index (χ4n) is 2.68. The van der Waals surface area contributed by atoms with Crippen molar-refractivity contribution in [2.24, 2.45) is 5.92 Å². The van der Waals surface area contributed by atoms with Crippen LogP contribution in [0.1, 0.15) is 43.5 Å². The normalized spacial score (nSPS) is 16.5. The SMILES string of the molecule is CC(C)[C@H](NC(=O)c1cccc(Br)c1)C(=O)N1CCCCC1. The molecule has 0 spiro atoms. The summed E-state index contributed by atoms with van der Waals surface area (Å²) < 4.78 is 0.851. The highest BCUT2D eigenvalue weighted by Gasteiger charge is 2.29. The number of benzene rings is 1. The number of nitrogens with zero attached hydrogens (tertiary/aromatic N) is 1. The summed E-state index contributed by atoms with van der Waals surface area (Å²) in [6, 6.07) is 6.73. The number of hydrogen-bond acceptors (Lipinski definition) is 2. The maximum Gasteiger partial charge on any atom is 0.251 e. The molecule has 1 saturated heterocycles. The molecule has 1 fully saturated rings. The summed E-state index contributed by atoms with van der Waals surface area (Å²) in [5, 5.41) is 2.91. The minimum Gasteiger partial charge on any atom is -0.341 e. The monoisotopic (exact) mass is 366 g/mol. The molecule has 4 nitrogen and oxygen atoms in total. The summed E-state index contributed by atoms with van der Waals surface area (Å²) in [5.41, 5.74) is 0.562. The van der Waals surface area contributed by atoms with E-state index in [0.717, 1.165) is 30.4 Å². The molecule has 1 aromatic carbocycles. The van der Waals surface area contributed by atoms with Crippen molar-refractivity contribution in [2.75, 3.05) is 13.1 Å². The topological polar surface area (TPSA) is 49.4 Å². The molecule has 1 atom stereocenters. The van der Waals surface area contributed by atoms with Crippen molar-refractivity contribution in [1.29, 1.82) is 0 Å². The van der Waals surface area contributed by atoms with Crippen LogP contribution in [0.3, 0.4) is 0 Å². The summed E-state index contributed by atoms with van der Waals surface area (Å²) in [7, 11) is 0. The number of carbonyl (C=O) groups excluding carboxylic acids is 2. The lowest BCUT2D eigenvalue weighted by molar-refractivity contribution is -0.135. The Morgan fingerprint density at radius 2 is 1.86 bits per heavy atom. The second kappa shape index (κ2) is 7.77. The first-order valence-electron chi connectivity index (χ1n) is 7.84. The Morgan fingerprint density at radius 3 is 2.45 bits per heavy atom. The van der Waals surface area contributed by atoms with Gasteiger partial charge in [0.1, 0.15) is 6.04 Å². The number of carbonyl (C=O) groups is 2. The molecule has 1 aliphatic heterocycles. The molecule has 0 aromatic heterocycles. The van der Waals surface area contributed by atoms with Gasteiger partial charge in [0.25, 0.3) is 5.91 Å². The van der Waals surface area contributed by atoms with Crippen molar-refractivity contribution in [3.63, 3.8) is 0 Å². The van der Waals surface area contributed by atoms with Gasteiger partial charge in [-0.3, -0.25) is 9.59 Å². The average molecular weight is 367 g/mol. The van der Waals surface area contributed by atoms with Crippen molar-refractivity contribution in [1.82, 2.24) is 10.2 Å². The van der Waals surface area contributed by atoms with E-state index in [4.69, 9.17) is 0 Å². The molecule has 2 rings (SSSR count). The molecule has 120 valence electrons. The number of nitrogens with one attached hydrogen (secondary N) is 1. The standard InChI is InChI=1S/C17H23BrN2O2/c1-12(2)15(17(22)20-9-4-3-5-10-20)19-16(21)13-7-6-8-14(18)11-13/h6-8,11-12,15H,3-5,9-10H2,1-2H3,(H,19,21)/t15-/m0/s1. The summed E-state index contributed by atoms with van der Waals surface area (Å²) in [6.07, 6.45) is 3.28. The number of hydrogen-bond donors (Lipinski definition) is 1. The second-order valence-electron chi connectivity index (χ2n) is 6.09. The van der Waals surface area contributed by atoms with Crippen LogP contribution in [0, 0.1) is 5.92 Å². The molecule has 1 heterocycles. The largest absolute Gasteiger partial charge is 0.341 e. The fourth-order valence-corrected chi connectivity index (χ4v) is 3.08. The molecular formula is C17H23BrN2O2. The van der Waals surface area contributed by atoms with Gasteiger partial charge in [0.05, 0.1) is 0 Å². The van der Waals surface area contributed by atoms with E-state index in [0.29, 0.717) is 5.56 Å². The highest BCUT2D eigenvalue weighted by atomic mass is 79.9. The minimum atomic E-state index is -0.468. The molecule has 0 saturated carbocycles. The molecule has 0 unspecified atom stereocenters. The Hall–Kier alpha value is -1.36. The molecule has 0 radical (unpaired) electrons. The van der Waals surface area contributed by atoms with E-state index >= 15 is 0 Å². The van der Waals surface area contributed by atoms with E-state index in [1.165, 1.54) is 6.42 Å². The van der Waals surface area contributed by atoms with Crippen LogP contribution in [-0.4, -0.2) is 35.8 Å². The zero-order chi connectivity index (χ0) is 16.1. The van der Waals surface area contributed by atoms with Crippen LogP contribution in [0.15, 0.2) is 28.7 Å². The molecule has 5 heteroatoms. The van der Waals surface area contributed by atoms with Crippen molar-refractivity contribution in [3.05, 3.63) is 34.3 Å². The molecular weight excluding hydrogens is 344 g/mol. The highest BCUT2D eigenvalue weighted by Crippen LogP contribution is 2.15. The third kappa shape index (κ3) is 4.32. The predicted molar refractivity (Wildman–Crippen MR) is 90.7 cm³/mol. The van der Waals surface area contributed by atoms with Gasteiger partial charge in [-0.25, -0.2) is 0 Å². The van der Waals surface area contributed by atoms with Crippen LogP contribution in [0.25, 0.3) is 0 Å². The summed E-state index contributed by atoms with van der Waals surface area (Å²) in [6.45, 7) is 5.53. The third-order valence-corrected chi connectivity index (χ3v) is 4.47. The van der Waals surface area contributed by atoms with E-state index in [2.05, 4.69) is 21.2 Å². The van der Waals surface area contributed by atoms with E-state index < -0.39 is 6.04 Å². The quantitative estimate of drug-likeness (QED) is 0.889. The molecule has 1 aliphatic rings. The minimum absolute atomic E-state index is 0.0399. The highest BCUT2D eigenvalue weighted by molar-refractivity contribution is 9.10. The van der Waals surface area contributed by atoms with Crippen LogP contribution in [-0.2, 0) is 4.79 Å². The average Bonchev–Trinajstić information content (AvgIpc) is 2.52. The molecule has 0 bridgehead atoms. The van der Waals surface area contributed by atoms with Crippen LogP contribution >= 0.6 is 15.9 Å². The Labute approximate surface area is 140 Å². The Kier molecular flexibility index (Phi) is 6.00. The molecule has 1 N–H and O–H groups in total. The van der Waals surface area contributed by atoms with Crippen LogP contribution < -0.4 is 5.32 Å². The number of piperidine rings is 1. The number of amides is 2. The Balaban J connectivity index is 2.08. The maximum absolute atomic E-state index is 12.7. The van der Waals surface area contributed by atoms with Crippen LogP contribution in [0.2, 0.25) is 0 Å². The zero-order valence-electron chi connectivity index (χ0n) is 13.1. The number of rotatable bonds is 4. The lowest BCUT2D eigenvalue weighted by atomic mass is 10.0. The van der Waals surface area contributed by atoms with Crippen LogP contribution in [0.4, 0.5) is 0 Å². The lowest BCUT2D eigenvalue weighted by Gasteiger charge is -2.32. The molecule has 2 amide bonds. The summed E-state index contributed by atoms with van der Waals surface area (Å²) >= 11 is 3.36. The van der Waals surface area contributed by atoms with Gasteiger partial charge in [-0.1, -0.05) is 35.8 Å². The first kappa shape index (κ1) is 17.0. The number of likely N-dealkylation sites (tertiary alicyclic amines) is 1. The zero-order valence-corrected chi connectivity index (χ0v) is 14.7. The Bertz CT molecular complexity index is 539. The first-order chi connectivity index (χ1) is 10.5. The Morgan fingerprint density at radius 1 is 1.18 bits per heavy atom. The third-order valence-electron chi connectivity index (χ3n) is 3.97. The molecule has 1 aromatic rings. The summed E-state index contributed by atoms with van der Waals surface area (Å²) in [5.74, 6) is -0.103. The van der Waals surface area contributed by atoms with E-state index in [9.17, 15) is 9.59 Å². The van der Waals surface area contributed by atoms with Crippen LogP contribution in [0.5, 0.6) is 0 Å². The van der Waals surface area contributed by atoms with Gasteiger partial charge in [0, 0.05) is 23.1 Å². The van der Waals surface area contributed by atoms with Gasteiger partial charge < -0.3 is 10.2 Å². The van der Waals surface area contributed by atoms with Gasteiger partial charge in [-0.2, -0.15) is 0 Å². The van der Waals surface area contributed by atoms with E-state index in [1.54, 1.807) is 12.1 Å². The summed E-state index contributed by atoms with van der Waals surface area (Å²) in [4.78, 5) is 27.0. The predicted octanol–water partition coefficient (Wildman–Crippen LogP) is 3.22. The van der Waals surface area contributed by atoms with Crippen molar-refractivity contribution < 1.29 is 9.59 Å². The van der Waals surface area contributed by atoms with E-state index in [1.807, 2.05) is 30.9 Å². The second-order valence-corrected chi connectivity index (χ2v) is 7.01. The van der Waals surface area contributed by atoms with Gasteiger partial charge in [-0.05, 0) is 43.4 Å². The maximum atomic E-state index is 12.7. The van der Waals surface area contributed by atoms with Crippen molar-refractivity contribution >= 4 is 27.7 Å². The van der Waals surface area contributed by atoms with Gasteiger partial charge in [0.2, 0.25) is 5.91 Å². The molecule has 0 aliphatic carbocycles. The first-order valence-corrected chi connectivity index (χ1v) is 8.63. The number of halogens is 1. The van der Waals surface area contributed by atoms with Crippen molar-refractivity contribution in [3.8, 4) is 0 Å².